The van der Waals surface area contributed by atoms with E-state index in [0.29, 0.717) is 22.3 Å². The molecule has 1 fully saturated rings. The van der Waals surface area contributed by atoms with Gasteiger partial charge in [0.2, 0.25) is 0 Å². The van der Waals surface area contributed by atoms with Crippen LogP contribution in [0.1, 0.15) is 35.8 Å². The topological polar surface area (TPSA) is 46.4 Å². The van der Waals surface area contributed by atoms with E-state index in [1.165, 1.54) is 12.8 Å². The van der Waals surface area contributed by atoms with Crippen LogP contribution in [0.15, 0.2) is 18.3 Å². The SMILES string of the molecule is Cc1cc(Cl)nc2c(C(=O)NC(C)C3CC3)ccn12. The van der Waals surface area contributed by atoms with E-state index in [-0.39, 0.29) is 11.9 Å². The van der Waals surface area contributed by atoms with E-state index in [1.807, 2.05) is 17.5 Å². The molecule has 0 saturated heterocycles. The molecule has 2 aromatic rings. The minimum absolute atomic E-state index is 0.0731. The van der Waals surface area contributed by atoms with Crippen molar-refractivity contribution >= 4 is 23.2 Å². The van der Waals surface area contributed by atoms with Crippen molar-refractivity contribution in [3.05, 3.63) is 34.7 Å². The molecule has 0 radical (unpaired) electrons. The Morgan fingerprint density at radius 3 is 3.00 bits per heavy atom. The van der Waals surface area contributed by atoms with Crippen molar-refractivity contribution < 1.29 is 4.79 Å². The number of aryl methyl sites for hydroxylation is 1. The Kier molecular flexibility index (Phi) is 2.97. The first-order valence-electron chi connectivity index (χ1n) is 6.51. The largest absolute Gasteiger partial charge is 0.349 e. The highest BCUT2D eigenvalue weighted by Crippen LogP contribution is 2.32. The molecule has 2 aromatic heterocycles. The zero-order valence-corrected chi connectivity index (χ0v) is 11.7. The van der Waals surface area contributed by atoms with Gasteiger partial charge in [0, 0.05) is 17.9 Å². The average Bonchev–Trinajstić information content (AvgIpc) is 3.09. The van der Waals surface area contributed by atoms with Gasteiger partial charge in [-0.3, -0.25) is 4.79 Å². The van der Waals surface area contributed by atoms with Gasteiger partial charge in [-0.15, -0.1) is 0 Å². The zero-order chi connectivity index (χ0) is 13.6. The highest BCUT2D eigenvalue weighted by atomic mass is 35.5. The lowest BCUT2D eigenvalue weighted by atomic mass is 10.2. The lowest BCUT2D eigenvalue weighted by molar-refractivity contribution is 0.0937. The Balaban J connectivity index is 1.93. The molecule has 2 heterocycles. The Bertz CT molecular complexity index is 645. The van der Waals surface area contributed by atoms with Crippen LogP contribution < -0.4 is 5.32 Å². The lowest BCUT2D eigenvalue weighted by Gasteiger charge is -2.12. The summed E-state index contributed by atoms with van der Waals surface area (Å²) in [6.07, 6.45) is 4.27. The van der Waals surface area contributed by atoms with Gasteiger partial charge in [-0.2, -0.15) is 0 Å². The van der Waals surface area contributed by atoms with Crippen molar-refractivity contribution in [3.63, 3.8) is 0 Å². The van der Waals surface area contributed by atoms with E-state index in [1.54, 1.807) is 12.1 Å². The number of nitrogens with zero attached hydrogens (tertiary/aromatic N) is 2. The van der Waals surface area contributed by atoms with Gasteiger partial charge >= 0.3 is 0 Å². The van der Waals surface area contributed by atoms with Crippen LogP contribution in [0.3, 0.4) is 0 Å². The standard InChI is InChI=1S/C14H16ClN3O/c1-8-7-12(15)17-13-11(5-6-18(8)13)14(19)16-9(2)10-3-4-10/h5-7,9-10H,3-4H2,1-2H3,(H,16,19). The molecule has 1 aliphatic rings. The van der Waals surface area contributed by atoms with Crippen LogP contribution in [0.4, 0.5) is 0 Å². The molecule has 1 N–H and O–H groups in total. The zero-order valence-electron chi connectivity index (χ0n) is 11.0. The molecule has 0 bridgehead atoms. The highest BCUT2D eigenvalue weighted by molar-refractivity contribution is 6.29. The quantitative estimate of drug-likeness (QED) is 0.877. The molecule has 3 rings (SSSR count). The van der Waals surface area contributed by atoms with E-state index >= 15 is 0 Å². The number of hydrogen-bond donors (Lipinski definition) is 1. The number of fused-ring (bicyclic) bond motifs is 1. The molecule has 100 valence electrons. The smallest absolute Gasteiger partial charge is 0.255 e. The molecule has 1 saturated carbocycles. The number of rotatable bonds is 3. The first kappa shape index (κ1) is 12.5. The Hall–Kier alpha value is -1.55. The van der Waals surface area contributed by atoms with E-state index in [4.69, 9.17) is 11.6 Å². The fraction of sp³-hybridized carbons (Fsp3) is 0.429. The number of aromatic nitrogens is 2. The third-order valence-corrected chi connectivity index (χ3v) is 3.91. The third kappa shape index (κ3) is 2.32. The Labute approximate surface area is 116 Å². The van der Waals surface area contributed by atoms with Crippen LogP contribution in [0.2, 0.25) is 5.15 Å². The molecule has 0 aliphatic heterocycles. The van der Waals surface area contributed by atoms with Crippen molar-refractivity contribution in [2.75, 3.05) is 0 Å². The van der Waals surface area contributed by atoms with E-state index in [9.17, 15) is 4.79 Å². The third-order valence-electron chi connectivity index (χ3n) is 3.71. The predicted octanol–water partition coefficient (Wildman–Crippen LogP) is 2.82. The van der Waals surface area contributed by atoms with Crippen LogP contribution in [0.5, 0.6) is 0 Å². The summed E-state index contributed by atoms with van der Waals surface area (Å²) in [7, 11) is 0. The van der Waals surface area contributed by atoms with E-state index in [2.05, 4.69) is 17.2 Å². The van der Waals surface area contributed by atoms with Crippen molar-refractivity contribution in [3.8, 4) is 0 Å². The summed E-state index contributed by atoms with van der Waals surface area (Å²) in [6, 6.07) is 3.80. The first-order chi connectivity index (χ1) is 9.06. The summed E-state index contributed by atoms with van der Waals surface area (Å²) in [4.78, 5) is 16.5. The number of nitrogens with one attached hydrogen (secondary N) is 1. The number of carbonyl (C=O) groups is 1. The summed E-state index contributed by atoms with van der Waals surface area (Å²) in [5.74, 6) is 0.562. The Morgan fingerprint density at radius 2 is 2.32 bits per heavy atom. The van der Waals surface area contributed by atoms with Gasteiger partial charge in [0.05, 0.1) is 5.56 Å². The average molecular weight is 278 g/mol. The molecule has 1 aliphatic carbocycles. The van der Waals surface area contributed by atoms with Crippen molar-refractivity contribution in [2.45, 2.75) is 32.7 Å². The van der Waals surface area contributed by atoms with Gasteiger partial charge in [0.25, 0.3) is 5.91 Å². The molecule has 19 heavy (non-hydrogen) atoms. The van der Waals surface area contributed by atoms with Crippen LogP contribution in [0, 0.1) is 12.8 Å². The molecular formula is C14H16ClN3O. The molecular weight excluding hydrogens is 262 g/mol. The highest BCUT2D eigenvalue weighted by Gasteiger charge is 2.29. The molecule has 1 atom stereocenters. The molecule has 4 nitrogen and oxygen atoms in total. The van der Waals surface area contributed by atoms with Crippen LogP contribution in [-0.4, -0.2) is 21.3 Å². The second-order valence-electron chi connectivity index (χ2n) is 5.24. The van der Waals surface area contributed by atoms with Crippen LogP contribution in [-0.2, 0) is 0 Å². The van der Waals surface area contributed by atoms with Gasteiger partial charge in [-0.1, -0.05) is 11.6 Å². The maximum absolute atomic E-state index is 12.3. The Morgan fingerprint density at radius 1 is 1.58 bits per heavy atom. The summed E-state index contributed by atoms with van der Waals surface area (Å²) in [6.45, 7) is 3.99. The van der Waals surface area contributed by atoms with Crippen molar-refractivity contribution in [1.82, 2.24) is 14.7 Å². The fourth-order valence-corrected chi connectivity index (χ4v) is 2.61. The number of carbonyl (C=O) groups excluding carboxylic acids is 1. The maximum atomic E-state index is 12.3. The number of hydrogen-bond acceptors (Lipinski definition) is 2. The lowest BCUT2D eigenvalue weighted by Crippen LogP contribution is -2.34. The maximum Gasteiger partial charge on any atom is 0.255 e. The molecule has 1 unspecified atom stereocenters. The van der Waals surface area contributed by atoms with Gasteiger partial charge in [0.1, 0.15) is 5.15 Å². The molecule has 1 amide bonds. The van der Waals surface area contributed by atoms with Crippen LogP contribution in [0.25, 0.3) is 5.65 Å². The van der Waals surface area contributed by atoms with E-state index < -0.39 is 0 Å². The predicted molar refractivity (Wildman–Crippen MR) is 74.6 cm³/mol. The minimum atomic E-state index is -0.0731. The minimum Gasteiger partial charge on any atom is -0.349 e. The second-order valence-corrected chi connectivity index (χ2v) is 5.63. The van der Waals surface area contributed by atoms with Gasteiger partial charge in [-0.25, -0.2) is 4.98 Å². The molecule has 5 heteroatoms. The monoisotopic (exact) mass is 277 g/mol. The normalized spacial score (nSPS) is 16.6. The van der Waals surface area contributed by atoms with Crippen LogP contribution >= 0.6 is 11.6 Å². The number of halogens is 1. The van der Waals surface area contributed by atoms with Gasteiger partial charge in [-0.05, 0) is 44.7 Å². The summed E-state index contributed by atoms with van der Waals surface area (Å²) < 4.78 is 1.88. The summed E-state index contributed by atoms with van der Waals surface area (Å²) in [5.41, 5.74) is 2.16. The van der Waals surface area contributed by atoms with E-state index in [0.717, 1.165) is 5.69 Å². The second kappa shape index (κ2) is 4.53. The molecule has 0 aromatic carbocycles. The van der Waals surface area contributed by atoms with Crippen molar-refractivity contribution in [2.24, 2.45) is 5.92 Å². The summed E-state index contributed by atoms with van der Waals surface area (Å²) >= 11 is 5.97. The first-order valence-corrected chi connectivity index (χ1v) is 6.89. The summed E-state index contributed by atoms with van der Waals surface area (Å²) in [5, 5.41) is 3.45. The van der Waals surface area contributed by atoms with Crippen molar-refractivity contribution in [1.29, 1.82) is 0 Å². The fourth-order valence-electron chi connectivity index (χ4n) is 2.37. The van der Waals surface area contributed by atoms with Gasteiger partial charge in [0.15, 0.2) is 5.65 Å². The van der Waals surface area contributed by atoms with Gasteiger partial charge < -0.3 is 9.72 Å². The molecule has 0 spiro atoms. The number of amides is 1.